The van der Waals surface area contributed by atoms with Gasteiger partial charge in [-0.15, -0.1) is 0 Å². The molecule has 2 rings (SSSR count). The molecule has 0 aliphatic rings. The fourth-order valence-electron chi connectivity index (χ4n) is 2.13. The number of hydrogen-bond acceptors (Lipinski definition) is 4. The van der Waals surface area contributed by atoms with Crippen molar-refractivity contribution in [1.82, 2.24) is 4.72 Å². The summed E-state index contributed by atoms with van der Waals surface area (Å²) in [7, 11) is -3.63. The third kappa shape index (κ3) is 4.39. The van der Waals surface area contributed by atoms with E-state index in [1.54, 1.807) is 24.3 Å². The summed E-state index contributed by atoms with van der Waals surface area (Å²) in [5, 5.41) is 10.6. The molecule has 0 bridgehead atoms. The predicted molar refractivity (Wildman–Crippen MR) is 92.3 cm³/mol. The number of sulfonamides is 1. The van der Waals surface area contributed by atoms with E-state index < -0.39 is 14.9 Å². The van der Waals surface area contributed by atoms with Crippen molar-refractivity contribution in [2.75, 3.05) is 0 Å². The third-order valence-electron chi connectivity index (χ3n) is 3.64. The van der Waals surface area contributed by atoms with Gasteiger partial charge in [0.25, 0.3) is 5.69 Å². The van der Waals surface area contributed by atoms with Crippen LogP contribution in [0.3, 0.4) is 0 Å². The minimum atomic E-state index is -3.63. The summed E-state index contributed by atoms with van der Waals surface area (Å²) >= 11 is 0. The van der Waals surface area contributed by atoms with Crippen LogP contribution >= 0.6 is 0 Å². The van der Waals surface area contributed by atoms with Gasteiger partial charge in [-0.2, -0.15) is 0 Å². The van der Waals surface area contributed by atoms with Gasteiger partial charge >= 0.3 is 0 Å². The number of nitrogens with one attached hydrogen (secondary N) is 1. The summed E-state index contributed by atoms with van der Waals surface area (Å²) in [6.45, 7) is 6.25. The normalized spacial score (nSPS) is 12.1. The second-order valence-electron chi connectivity index (χ2n) is 6.52. The monoisotopic (exact) mass is 348 g/mol. The van der Waals surface area contributed by atoms with Gasteiger partial charge in [0.1, 0.15) is 0 Å². The van der Waals surface area contributed by atoms with Gasteiger partial charge in [0.05, 0.1) is 9.82 Å². The van der Waals surface area contributed by atoms with Crippen LogP contribution in [0.1, 0.15) is 31.9 Å². The van der Waals surface area contributed by atoms with Crippen LogP contribution in [-0.2, 0) is 22.0 Å². The molecule has 0 heterocycles. The molecule has 2 aromatic carbocycles. The van der Waals surface area contributed by atoms with Gasteiger partial charge in [-0.3, -0.25) is 10.1 Å². The average molecular weight is 348 g/mol. The molecule has 0 aromatic heterocycles. The first-order chi connectivity index (χ1) is 11.1. The molecule has 0 saturated heterocycles. The maximum Gasteiger partial charge on any atom is 0.269 e. The van der Waals surface area contributed by atoms with E-state index in [1.165, 1.54) is 24.3 Å². The lowest BCUT2D eigenvalue weighted by atomic mass is 9.87. The topological polar surface area (TPSA) is 89.3 Å². The fourth-order valence-corrected chi connectivity index (χ4v) is 3.15. The minimum Gasteiger partial charge on any atom is -0.258 e. The van der Waals surface area contributed by atoms with Gasteiger partial charge in [-0.05, 0) is 28.7 Å². The number of nitro benzene ring substituents is 1. The Hall–Kier alpha value is -2.25. The Labute approximate surface area is 141 Å². The highest BCUT2D eigenvalue weighted by Gasteiger charge is 2.17. The van der Waals surface area contributed by atoms with Crippen LogP contribution in [0.2, 0.25) is 0 Å². The molecule has 128 valence electrons. The second-order valence-corrected chi connectivity index (χ2v) is 8.29. The largest absolute Gasteiger partial charge is 0.269 e. The first kappa shape index (κ1) is 18.1. The van der Waals surface area contributed by atoms with Crippen LogP contribution in [-0.4, -0.2) is 13.3 Å². The Morgan fingerprint density at radius 1 is 1.00 bits per heavy atom. The summed E-state index contributed by atoms with van der Waals surface area (Å²) in [6.07, 6.45) is 0. The Morgan fingerprint density at radius 3 is 2.00 bits per heavy atom. The standard InChI is InChI=1S/C17H20N2O4S/c1-17(2,3)14-6-10-16(11-7-14)24(22,23)18-12-13-4-8-15(9-5-13)19(20)21/h4-11,18H,12H2,1-3H3. The number of nitro groups is 1. The zero-order valence-corrected chi connectivity index (χ0v) is 14.6. The summed E-state index contributed by atoms with van der Waals surface area (Å²) < 4.78 is 27.1. The molecular weight excluding hydrogens is 328 g/mol. The van der Waals surface area contributed by atoms with Crippen molar-refractivity contribution in [1.29, 1.82) is 0 Å². The molecule has 0 saturated carbocycles. The molecular formula is C17H20N2O4S. The number of rotatable bonds is 5. The molecule has 0 aliphatic carbocycles. The van der Waals surface area contributed by atoms with Gasteiger partial charge in [-0.1, -0.05) is 45.0 Å². The first-order valence-electron chi connectivity index (χ1n) is 7.43. The van der Waals surface area contributed by atoms with Crippen molar-refractivity contribution >= 4 is 15.7 Å². The lowest BCUT2D eigenvalue weighted by molar-refractivity contribution is -0.384. The molecule has 0 atom stereocenters. The van der Waals surface area contributed by atoms with E-state index in [0.717, 1.165) is 5.56 Å². The summed E-state index contributed by atoms with van der Waals surface area (Å²) in [6, 6.07) is 12.5. The maximum absolute atomic E-state index is 12.3. The molecule has 24 heavy (non-hydrogen) atoms. The van der Waals surface area contributed by atoms with E-state index >= 15 is 0 Å². The Balaban J connectivity index is 2.09. The minimum absolute atomic E-state index is 0.0284. The van der Waals surface area contributed by atoms with Crippen molar-refractivity contribution in [3.63, 3.8) is 0 Å². The molecule has 0 unspecified atom stereocenters. The number of hydrogen-bond donors (Lipinski definition) is 1. The SMILES string of the molecule is CC(C)(C)c1ccc(S(=O)(=O)NCc2ccc([N+](=O)[O-])cc2)cc1. The first-order valence-corrected chi connectivity index (χ1v) is 8.91. The zero-order chi connectivity index (χ0) is 18.0. The van der Waals surface area contributed by atoms with Crippen LogP contribution < -0.4 is 4.72 Å². The van der Waals surface area contributed by atoms with Gasteiger partial charge in [-0.25, -0.2) is 13.1 Å². The molecule has 0 aliphatic heterocycles. The van der Waals surface area contributed by atoms with Crippen molar-refractivity contribution in [2.24, 2.45) is 0 Å². The predicted octanol–water partition coefficient (Wildman–Crippen LogP) is 3.37. The van der Waals surface area contributed by atoms with E-state index in [1.807, 2.05) is 0 Å². The molecule has 7 heteroatoms. The highest BCUT2D eigenvalue weighted by molar-refractivity contribution is 7.89. The Morgan fingerprint density at radius 2 is 1.54 bits per heavy atom. The van der Waals surface area contributed by atoms with Crippen LogP contribution in [0.25, 0.3) is 0 Å². The highest BCUT2D eigenvalue weighted by Crippen LogP contribution is 2.23. The van der Waals surface area contributed by atoms with E-state index in [9.17, 15) is 18.5 Å². The highest BCUT2D eigenvalue weighted by atomic mass is 32.2. The lowest BCUT2D eigenvalue weighted by Gasteiger charge is -2.19. The quantitative estimate of drug-likeness (QED) is 0.662. The van der Waals surface area contributed by atoms with Crippen molar-refractivity contribution < 1.29 is 13.3 Å². The van der Waals surface area contributed by atoms with Crippen LogP contribution in [0, 0.1) is 10.1 Å². The third-order valence-corrected chi connectivity index (χ3v) is 5.06. The smallest absolute Gasteiger partial charge is 0.258 e. The molecule has 1 N–H and O–H groups in total. The molecule has 0 spiro atoms. The average Bonchev–Trinajstić information content (AvgIpc) is 2.53. The summed E-state index contributed by atoms with van der Waals surface area (Å²) in [5.74, 6) is 0. The number of nitrogens with zero attached hydrogens (tertiary/aromatic N) is 1. The summed E-state index contributed by atoms with van der Waals surface area (Å²) in [5.41, 5.74) is 1.63. The molecule has 2 aromatic rings. The van der Waals surface area contributed by atoms with E-state index in [4.69, 9.17) is 0 Å². The van der Waals surface area contributed by atoms with Crippen molar-refractivity contribution in [3.8, 4) is 0 Å². The van der Waals surface area contributed by atoms with Crippen molar-refractivity contribution in [2.45, 2.75) is 37.6 Å². The molecule has 0 amide bonds. The van der Waals surface area contributed by atoms with Gasteiger partial charge in [0.15, 0.2) is 0 Å². The van der Waals surface area contributed by atoms with Crippen LogP contribution in [0.5, 0.6) is 0 Å². The Kier molecular flexibility index (Phi) is 5.05. The Bertz CT molecular complexity index is 820. The second kappa shape index (κ2) is 6.70. The van der Waals surface area contributed by atoms with E-state index in [-0.39, 0.29) is 22.5 Å². The molecule has 0 fully saturated rings. The molecule has 0 radical (unpaired) electrons. The maximum atomic E-state index is 12.3. The van der Waals surface area contributed by atoms with E-state index in [0.29, 0.717) is 5.56 Å². The van der Waals surface area contributed by atoms with Crippen LogP contribution in [0.15, 0.2) is 53.4 Å². The fraction of sp³-hybridized carbons (Fsp3) is 0.294. The van der Waals surface area contributed by atoms with Gasteiger partial charge in [0, 0.05) is 18.7 Å². The van der Waals surface area contributed by atoms with E-state index in [2.05, 4.69) is 25.5 Å². The number of non-ortho nitro benzene ring substituents is 1. The van der Waals surface area contributed by atoms with Gasteiger partial charge in [0.2, 0.25) is 10.0 Å². The number of benzene rings is 2. The van der Waals surface area contributed by atoms with Crippen molar-refractivity contribution in [3.05, 3.63) is 69.8 Å². The summed E-state index contributed by atoms with van der Waals surface area (Å²) in [4.78, 5) is 10.3. The molecule has 6 nitrogen and oxygen atoms in total. The lowest BCUT2D eigenvalue weighted by Crippen LogP contribution is -2.23. The van der Waals surface area contributed by atoms with Gasteiger partial charge < -0.3 is 0 Å². The zero-order valence-electron chi connectivity index (χ0n) is 13.8. The van der Waals surface area contributed by atoms with Crippen LogP contribution in [0.4, 0.5) is 5.69 Å².